The van der Waals surface area contributed by atoms with Crippen LogP contribution in [0.1, 0.15) is 0 Å². The summed E-state index contributed by atoms with van der Waals surface area (Å²) in [6.45, 7) is 0. The second kappa shape index (κ2) is 14.5. The van der Waals surface area contributed by atoms with Crippen LogP contribution in [-0.2, 0) is 0 Å². The Kier molecular flexibility index (Phi) is 8.72. The lowest BCUT2D eigenvalue weighted by molar-refractivity contribution is 0.547. The summed E-state index contributed by atoms with van der Waals surface area (Å²) in [5.74, 6) is -6.79. The Morgan fingerprint density at radius 1 is 0.210 bits per heavy atom. The highest BCUT2D eigenvalue weighted by molar-refractivity contribution is 6.29. The van der Waals surface area contributed by atoms with E-state index in [0.29, 0.717) is 40.6 Å². The second-order valence-corrected chi connectivity index (χ2v) is 15.5. The molecular formula is C56H30F6. The zero-order chi connectivity index (χ0) is 42.2. The first kappa shape index (κ1) is 37.3. The van der Waals surface area contributed by atoms with Gasteiger partial charge < -0.3 is 0 Å². The third kappa shape index (κ3) is 5.93. The molecule has 0 N–H and O–H groups in total. The third-order valence-electron chi connectivity index (χ3n) is 12.0. The van der Waals surface area contributed by atoms with E-state index in [1.54, 1.807) is 18.2 Å². The molecule has 0 aliphatic heterocycles. The van der Waals surface area contributed by atoms with Crippen molar-refractivity contribution in [2.75, 3.05) is 0 Å². The summed E-state index contributed by atoms with van der Waals surface area (Å²) < 4.78 is 95.1. The molecule has 6 heteroatoms. The van der Waals surface area contributed by atoms with Crippen molar-refractivity contribution in [3.05, 3.63) is 217 Å². The van der Waals surface area contributed by atoms with Crippen molar-refractivity contribution in [2.24, 2.45) is 0 Å². The molecule has 0 nitrogen and oxygen atoms in total. The van der Waals surface area contributed by atoms with Gasteiger partial charge in [0.05, 0.1) is 11.1 Å². The monoisotopic (exact) mass is 816 g/mol. The zero-order valence-electron chi connectivity index (χ0n) is 32.6. The average molecular weight is 817 g/mol. The summed E-state index contributed by atoms with van der Waals surface area (Å²) in [6.07, 6.45) is 0. The fraction of sp³-hybridized carbons (Fsp3) is 0. The standard InChI is InChI=1S/C56H30F6/c57-37-25-47(59)55(48(60)26-37)53-41-22-21-35(31-11-3-1-4-12-31)24-43(41)54(56-49(61)27-38(58)28-50(56)62)46-30-44-42(29-45(46)53)39-17-9-10-18-40(39)52(51(44)33-14-5-2-6-15-33)36-20-19-32-13-7-8-16-34(32)23-36/h1-30H. The third-order valence-corrected chi connectivity index (χ3v) is 12.0. The molecule has 11 aromatic rings. The van der Waals surface area contributed by atoms with Gasteiger partial charge in [0.2, 0.25) is 0 Å². The molecule has 11 rings (SSSR count). The predicted molar refractivity (Wildman–Crippen MR) is 241 cm³/mol. The van der Waals surface area contributed by atoms with Crippen LogP contribution in [0.15, 0.2) is 182 Å². The lowest BCUT2D eigenvalue weighted by Crippen LogP contribution is -2.00. The fourth-order valence-electron chi connectivity index (χ4n) is 9.37. The van der Waals surface area contributed by atoms with Gasteiger partial charge in [-0.15, -0.1) is 0 Å². The molecule has 0 spiro atoms. The quantitative estimate of drug-likeness (QED) is 0.0922. The van der Waals surface area contributed by atoms with Crippen molar-refractivity contribution in [3.63, 3.8) is 0 Å². The smallest absolute Gasteiger partial charge is 0.136 e. The Morgan fingerprint density at radius 2 is 0.645 bits per heavy atom. The minimum Gasteiger partial charge on any atom is -0.207 e. The van der Waals surface area contributed by atoms with E-state index in [1.807, 2.05) is 109 Å². The van der Waals surface area contributed by atoms with Gasteiger partial charge in [0.1, 0.15) is 34.9 Å². The lowest BCUT2D eigenvalue weighted by atomic mass is 9.80. The molecule has 0 atom stereocenters. The normalized spacial score (nSPS) is 11.7. The molecule has 0 radical (unpaired) electrons. The van der Waals surface area contributed by atoms with E-state index >= 15 is 17.6 Å². The van der Waals surface area contributed by atoms with Crippen molar-refractivity contribution < 1.29 is 26.3 Å². The lowest BCUT2D eigenvalue weighted by Gasteiger charge is -2.23. The molecule has 0 aromatic heterocycles. The van der Waals surface area contributed by atoms with Crippen LogP contribution < -0.4 is 0 Å². The van der Waals surface area contributed by atoms with E-state index in [4.69, 9.17) is 0 Å². The van der Waals surface area contributed by atoms with Crippen LogP contribution in [0.4, 0.5) is 26.3 Å². The van der Waals surface area contributed by atoms with Gasteiger partial charge in [-0.2, -0.15) is 0 Å². The van der Waals surface area contributed by atoms with Gasteiger partial charge in [-0.05, 0) is 112 Å². The molecule has 62 heavy (non-hydrogen) atoms. The van der Waals surface area contributed by atoms with E-state index in [1.165, 1.54) is 0 Å². The van der Waals surface area contributed by atoms with Crippen LogP contribution in [0.25, 0.3) is 109 Å². The van der Waals surface area contributed by atoms with E-state index < -0.39 is 46.0 Å². The van der Waals surface area contributed by atoms with Crippen molar-refractivity contribution in [3.8, 4) is 55.6 Å². The van der Waals surface area contributed by atoms with Crippen LogP contribution in [0.5, 0.6) is 0 Å². The second-order valence-electron chi connectivity index (χ2n) is 15.5. The maximum atomic E-state index is 16.5. The van der Waals surface area contributed by atoms with Crippen LogP contribution in [-0.4, -0.2) is 0 Å². The van der Waals surface area contributed by atoms with Crippen LogP contribution in [0, 0.1) is 34.9 Å². The molecule has 296 valence electrons. The number of hydrogen-bond donors (Lipinski definition) is 0. The molecule has 11 aromatic carbocycles. The maximum absolute atomic E-state index is 16.5. The zero-order valence-corrected chi connectivity index (χ0v) is 32.6. The fourth-order valence-corrected chi connectivity index (χ4v) is 9.37. The molecule has 0 unspecified atom stereocenters. The van der Waals surface area contributed by atoms with E-state index in [0.717, 1.165) is 49.4 Å². The van der Waals surface area contributed by atoms with Gasteiger partial charge in [0.15, 0.2) is 0 Å². The van der Waals surface area contributed by atoms with Gasteiger partial charge >= 0.3 is 0 Å². The largest absolute Gasteiger partial charge is 0.207 e. The minimum atomic E-state index is -1.15. The molecule has 0 aliphatic carbocycles. The highest BCUT2D eigenvalue weighted by Gasteiger charge is 2.28. The van der Waals surface area contributed by atoms with Crippen LogP contribution in [0.2, 0.25) is 0 Å². The van der Waals surface area contributed by atoms with Gasteiger partial charge in [0.25, 0.3) is 0 Å². The van der Waals surface area contributed by atoms with Gasteiger partial charge in [-0.1, -0.05) is 133 Å². The Hall–Kier alpha value is -7.70. The maximum Gasteiger partial charge on any atom is 0.136 e. The first-order valence-corrected chi connectivity index (χ1v) is 20.1. The summed E-state index contributed by atoms with van der Waals surface area (Å²) in [6, 6.07) is 52.7. The topological polar surface area (TPSA) is 0 Å². The van der Waals surface area contributed by atoms with Crippen LogP contribution >= 0.6 is 0 Å². The van der Waals surface area contributed by atoms with Crippen molar-refractivity contribution in [1.82, 2.24) is 0 Å². The minimum absolute atomic E-state index is 0.0655. The molecule has 0 saturated carbocycles. The summed E-state index contributed by atoms with van der Waals surface area (Å²) in [5, 5.41) is 6.21. The highest BCUT2D eigenvalue weighted by atomic mass is 19.2. The molecule has 0 bridgehead atoms. The Balaban J connectivity index is 1.41. The molecule has 0 fully saturated rings. The Morgan fingerprint density at radius 3 is 1.27 bits per heavy atom. The number of hydrogen-bond acceptors (Lipinski definition) is 0. The summed E-state index contributed by atoms with van der Waals surface area (Å²) in [5.41, 5.74) is 4.08. The number of benzene rings is 11. The van der Waals surface area contributed by atoms with Gasteiger partial charge in [0, 0.05) is 35.4 Å². The summed E-state index contributed by atoms with van der Waals surface area (Å²) in [7, 11) is 0. The van der Waals surface area contributed by atoms with Crippen molar-refractivity contribution in [1.29, 1.82) is 0 Å². The van der Waals surface area contributed by atoms with Crippen LogP contribution in [0.3, 0.4) is 0 Å². The number of halogens is 6. The average Bonchev–Trinajstić information content (AvgIpc) is 3.28. The first-order valence-electron chi connectivity index (χ1n) is 20.1. The SMILES string of the molecule is Fc1cc(F)c(-c2c3cc(-c4ccccc4)ccc3c(-c3c(F)cc(F)cc3F)c3cc4c(cc23)c(-c2ccccc2)c(-c2ccc3ccccc3c2)c2ccccc24)c(F)c1. The van der Waals surface area contributed by atoms with E-state index in [-0.39, 0.29) is 32.7 Å². The van der Waals surface area contributed by atoms with E-state index in [9.17, 15) is 8.78 Å². The molecule has 0 amide bonds. The predicted octanol–water partition coefficient (Wildman–Crippen LogP) is 16.6. The van der Waals surface area contributed by atoms with Gasteiger partial charge in [-0.25, -0.2) is 26.3 Å². The molecule has 0 saturated heterocycles. The Bertz CT molecular complexity index is 3590. The van der Waals surface area contributed by atoms with Gasteiger partial charge in [-0.3, -0.25) is 0 Å². The summed E-state index contributed by atoms with van der Waals surface area (Å²) >= 11 is 0. The van der Waals surface area contributed by atoms with Crippen molar-refractivity contribution in [2.45, 2.75) is 0 Å². The first-order chi connectivity index (χ1) is 30.2. The molecule has 0 heterocycles. The Labute approximate surface area is 351 Å². The highest BCUT2D eigenvalue weighted by Crippen LogP contribution is 2.52. The van der Waals surface area contributed by atoms with E-state index in [2.05, 4.69) is 30.3 Å². The number of fused-ring (bicyclic) bond motifs is 6. The molecular weight excluding hydrogens is 787 g/mol. The molecule has 0 aliphatic rings. The van der Waals surface area contributed by atoms with Crippen molar-refractivity contribution >= 4 is 53.9 Å². The summed E-state index contributed by atoms with van der Waals surface area (Å²) in [4.78, 5) is 0. The number of rotatable bonds is 5.